The van der Waals surface area contributed by atoms with Crippen LogP contribution in [0.2, 0.25) is 0 Å². The molecule has 1 heterocycles. The summed E-state index contributed by atoms with van der Waals surface area (Å²) in [6.07, 6.45) is 0.651. The Morgan fingerprint density at radius 1 is 1.07 bits per heavy atom. The number of hydrogen-bond acceptors (Lipinski definition) is 6. The molecule has 2 atom stereocenters. The van der Waals surface area contributed by atoms with Crippen LogP contribution in [0.25, 0.3) is 0 Å². The maximum absolute atomic E-state index is 12.7. The molecule has 30 heavy (non-hydrogen) atoms. The molecule has 2 aromatic carbocycles. The topological polar surface area (TPSA) is 86.3 Å². The second-order valence-electron chi connectivity index (χ2n) is 6.89. The molecule has 0 bridgehead atoms. The first kappa shape index (κ1) is 21.0. The number of likely N-dealkylation sites (N-methyl/N-ethyl adjacent to an activating group) is 1. The quantitative estimate of drug-likeness (QED) is 0.663. The molecule has 0 aromatic heterocycles. The minimum absolute atomic E-state index is 0.282. The van der Waals surface area contributed by atoms with Crippen LogP contribution in [0.1, 0.15) is 37.3 Å². The van der Waals surface area contributed by atoms with Gasteiger partial charge in [-0.15, -0.1) is 0 Å². The van der Waals surface area contributed by atoms with Crippen LogP contribution < -0.4 is 4.74 Å². The maximum atomic E-state index is 12.7. The molecule has 6 nitrogen and oxygen atoms in total. The molecular weight excluding hydrogens is 378 g/mol. The number of benzene rings is 2. The van der Waals surface area contributed by atoms with Gasteiger partial charge < -0.3 is 14.4 Å². The predicted octanol–water partition coefficient (Wildman–Crippen LogP) is 4.50. The summed E-state index contributed by atoms with van der Waals surface area (Å²) in [7, 11) is 1.83. The minimum Gasteiger partial charge on any atom is -0.464 e. The van der Waals surface area contributed by atoms with Gasteiger partial charge >= 0.3 is 5.97 Å². The minimum atomic E-state index is -0.583. The van der Waals surface area contributed by atoms with Crippen LogP contribution in [-0.2, 0) is 9.53 Å². The first-order valence-electron chi connectivity index (χ1n) is 9.85. The molecule has 6 heteroatoms. The Morgan fingerprint density at radius 3 is 2.37 bits per heavy atom. The van der Waals surface area contributed by atoms with E-state index in [1.165, 1.54) is 0 Å². The average Bonchev–Trinajstić information content (AvgIpc) is 3.06. The third-order valence-electron chi connectivity index (χ3n) is 5.24. The van der Waals surface area contributed by atoms with Gasteiger partial charge in [-0.3, -0.25) is 0 Å². The molecular formula is C24H23N3O3. The Kier molecular flexibility index (Phi) is 6.39. The van der Waals surface area contributed by atoms with Crippen molar-refractivity contribution in [1.82, 2.24) is 4.90 Å². The standard InChI is InChI=1S/C24H23N3O3/c1-4-20-19(15-26)22(23(27(20)3)24(28)29-5-2)16-10-12-18(13-11-16)30-21-9-7-6-8-17(21)14-25/h6-13,22-23H,4-5H2,1-3H3. The zero-order chi connectivity index (χ0) is 21.7. The van der Waals surface area contributed by atoms with Crippen molar-refractivity contribution < 1.29 is 14.3 Å². The van der Waals surface area contributed by atoms with Gasteiger partial charge in [0.05, 0.1) is 29.7 Å². The molecule has 0 spiro atoms. The van der Waals surface area contributed by atoms with E-state index in [0.717, 1.165) is 11.3 Å². The van der Waals surface area contributed by atoms with Gasteiger partial charge in [-0.1, -0.05) is 31.2 Å². The number of allylic oxidation sites excluding steroid dienone is 1. The SMILES string of the molecule is CCOC(=O)C1C(c2ccc(Oc3ccccc3C#N)cc2)C(C#N)=C(CC)N1C. The monoisotopic (exact) mass is 401 g/mol. The third kappa shape index (κ3) is 3.86. The van der Waals surface area contributed by atoms with Gasteiger partial charge in [-0.05, 0) is 43.2 Å². The largest absolute Gasteiger partial charge is 0.464 e. The molecule has 3 rings (SSSR count). The zero-order valence-corrected chi connectivity index (χ0v) is 17.3. The van der Waals surface area contributed by atoms with Crippen LogP contribution in [-0.4, -0.2) is 30.6 Å². The summed E-state index contributed by atoms with van der Waals surface area (Å²) in [6.45, 7) is 4.02. The van der Waals surface area contributed by atoms with E-state index in [0.29, 0.717) is 29.1 Å². The van der Waals surface area contributed by atoms with Crippen molar-refractivity contribution in [2.45, 2.75) is 32.2 Å². The summed E-state index contributed by atoms with van der Waals surface area (Å²) in [4.78, 5) is 14.5. The molecule has 0 N–H and O–H groups in total. The first-order valence-corrected chi connectivity index (χ1v) is 9.85. The number of nitrogens with zero attached hydrogens (tertiary/aromatic N) is 3. The fourth-order valence-electron chi connectivity index (χ4n) is 3.88. The molecule has 0 aliphatic carbocycles. The van der Waals surface area contributed by atoms with Crippen molar-refractivity contribution >= 4 is 5.97 Å². The van der Waals surface area contributed by atoms with Crippen molar-refractivity contribution in [2.75, 3.05) is 13.7 Å². The maximum Gasteiger partial charge on any atom is 0.329 e. The van der Waals surface area contributed by atoms with E-state index in [9.17, 15) is 15.3 Å². The Hall–Kier alpha value is -3.77. The lowest BCUT2D eigenvalue weighted by molar-refractivity contribution is -0.148. The van der Waals surface area contributed by atoms with Crippen molar-refractivity contribution in [3.05, 3.63) is 70.9 Å². The second kappa shape index (κ2) is 9.15. The van der Waals surface area contributed by atoms with Gasteiger partial charge in [0.2, 0.25) is 0 Å². The van der Waals surface area contributed by atoms with Crippen molar-refractivity contribution in [3.63, 3.8) is 0 Å². The molecule has 1 aliphatic rings. The Labute approximate surface area is 176 Å². The first-order chi connectivity index (χ1) is 14.5. The number of nitriles is 2. The molecule has 1 aliphatic heterocycles. The molecule has 0 amide bonds. The number of para-hydroxylation sites is 1. The summed E-state index contributed by atoms with van der Waals surface area (Å²) in [5, 5.41) is 19.0. The summed E-state index contributed by atoms with van der Waals surface area (Å²) < 4.78 is 11.1. The number of ether oxygens (including phenoxy) is 2. The van der Waals surface area contributed by atoms with Gasteiger partial charge in [0.25, 0.3) is 0 Å². The normalized spacial score (nSPS) is 18.0. The second-order valence-corrected chi connectivity index (χ2v) is 6.89. The summed E-state index contributed by atoms with van der Waals surface area (Å²) >= 11 is 0. The lowest BCUT2D eigenvalue weighted by atomic mass is 9.87. The molecule has 0 saturated heterocycles. The van der Waals surface area contributed by atoms with Crippen LogP contribution in [0.4, 0.5) is 0 Å². The van der Waals surface area contributed by atoms with Crippen LogP contribution in [0.15, 0.2) is 59.8 Å². The van der Waals surface area contributed by atoms with Crippen molar-refractivity contribution in [1.29, 1.82) is 10.5 Å². The predicted molar refractivity (Wildman–Crippen MR) is 112 cm³/mol. The van der Waals surface area contributed by atoms with E-state index in [1.54, 1.807) is 43.3 Å². The Balaban J connectivity index is 1.94. The Morgan fingerprint density at radius 2 is 1.77 bits per heavy atom. The average molecular weight is 401 g/mol. The molecule has 0 saturated carbocycles. The van der Waals surface area contributed by atoms with Gasteiger partial charge in [0.15, 0.2) is 0 Å². The lowest BCUT2D eigenvalue weighted by Gasteiger charge is -2.27. The van der Waals surface area contributed by atoms with Crippen LogP contribution in [0, 0.1) is 22.7 Å². The number of carbonyl (C=O) groups excluding carboxylic acids is 1. The van der Waals surface area contributed by atoms with Crippen molar-refractivity contribution in [3.8, 4) is 23.6 Å². The third-order valence-corrected chi connectivity index (χ3v) is 5.24. The number of rotatable bonds is 6. The number of hydrogen-bond donors (Lipinski definition) is 0. The summed E-state index contributed by atoms with van der Waals surface area (Å²) in [6, 6.07) is 18.1. The van der Waals surface area contributed by atoms with Crippen molar-refractivity contribution in [2.24, 2.45) is 0 Å². The van der Waals surface area contributed by atoms with Crippen LogP contribution >= 0.6 is 0 Å². The number of esters is 1. The highest BCUT2D eigenvalue weighted by Gasteiger charge is 2.44. The van der Waals surface area contributed by atoms with E-state index in [-0.39, 0.29) is 12.6 Å². The van der Waals surface area contributed by atoms with Gasteiger partial charge in [0, 0.05) is 12.7 Å². The van der Waals surface area contributed by atoms with Gasteiger partial charge in [-0.2, -0.15) is 10.5 Å². The van der Waals surface area contributed by atoms with E-state index in [2.05, 4.69) is 12.1 Å². The lowest BCUT2D eigenvalue weighted by Crippen LogP contribution is -2.39. The summed E-state index contributed by atoms with van der Waals surface area (Å²) in [5.41, 5.74) is 2.72. The van der Waals surface area contributed by atoms with Gasteiger partial charge in [0.1, 0.15) is 23.6 Å². The molecule has 152 valence electrons. The van der Waals surface area contributed by atoms with E-state index in [4.69, 9.17) is 9.47 Å². The van der Waals surface area contributed by atoms with E-state index < -0.39 is 12.0 Å². The highest BCUT2D eigenvalue weighted by atomic mass is 16.5. The fourth-order valence-corrected chi connectivity index (χ4v) is 3.88. The molecule has 0 fully saturated rings. The van der Waals surface area contributed by atoms with E-state index in [1.807, 2.05) is 31.0 Å². The molecule has 2 aromatic rings. The molecule has 2 unspecified atom stereocenters. The number of carbonyl (C=O) groups is 1. The smallest absolute Gasteiger partial charge is 0.329 e. The van der Waals surface area contributed by atoms with Crippen LogP contribution in [0.5, 0.6) is 11.5 Å². The molecule has 0 radical (unpaired) electrons. The fraction of sp³-hybridized carbons (Fsp3) is 0.292. The highest BCUT2D eigenvalue weighted by Crippen LogP contribution is 2.42. The highest BCUT2D eigenvalue weighted by molar-refractivity contribution is 5.80. The Bertz CT molecular complexity index is 1040. The van der Waals surface area contributed by atoms with Gasteiger partial charge in [-0.25, -0.2) is 4.79 Å². The van der Waals surface area contributed by atoms with Crippen LogP contribution in [0.3, 0.4) is 0 Å². The van der Waals surface area contributed by atoms with E-state index >= 15 is 0 Å². The summed E-state index contributed by atoms with van der Waals surface area (Å²) in [5.74, 6) is 0.293. The zero-order valence-electron chi connectivity index (χ0n) is 17.3.